The van der Waals surface area contributed by atoms with Crippen LogP contribution in [0.4, 0.5) is 4.39 Å². The fourth-order valence-electron chi connectivity index (χ4n) is 1.63. The maximum absolute atomic E-state index is 13.1. The van der Waals surface area contributed by atoms with Crippen molar-refractivity contribution in [2.24, 2.45) is 5.73 Å². The molecule has 0 radical (unpaired) electrons. The highest BCUT2D eigenvalue weighted by Crippen LogP contribution is 2.16. The van der Waals surface area contributed by atoms with E-state index in [9.17, 15) is 17.6 Å². The number of halogens is 2. The molecule has 0 saturated heterocycles. The van der Waals surface area contributed by atoms with Crippen LogP contribution in [0.15, 0.2) is 22.7 Å². The minimum atomic E-state index is -3.13. The van der Waals surface area contributed by atoms with Gasteiger partial charge in [0, 0.05) is 12.8 Å². The van der Waals surface area contributed by atoms with Gasteiger partial charge in [0.05, 0.1) is 16.3 Å². The third kappa shape index (κ3) is 7.01. The SMILES string of the molecule is CS(=O)(=O)CCC(N)C(=O)NCCc1ccc(F)c(Br)c1. The van der Waals surface area contributed by atoms with Gasteiger partial charge in [-0.3, -0.25) is 4.79 Å². The number of benzene rings is 1. The molecule has 8 heteroatoms. The molecular formula is C13H18BrFN2O3S. The summed E-state index contributed by atoms with van der Waals surface area (Å²) < 4.78 is 35.4. The summed E-state index contributed by atoms with van der Waals surface area (Å²) in [5.41, 5.74) is 6.48. The number of carbonyl (C=O) groups excluding carboxylic acids is 1. The molecular weight excluding hydrogens is 363 g/mol. The average Bonchev–Trinajstić information content (AvgIpc) is 2.39. The van der Waals surface area contributed by atoms with Gasteiger partial charge in [-0.25, -0.2) is 12.8 Å². The zero-order valence-corrected chi connectivity index (χ0v) is 14.0. The first-order valence-corrected chi connectivity index (χ1v) is 9.19. The zero-order chi connectivity index (χ0) is 16.0. The van der Waals surface area contributed by atoms with Crippen LogP contribution < -0.4 is 11.1 Å². The van der Waals surface area contributed by atoms with E-state index in [0.717, 1.165) is 11.8 Å². The van der Waals surface area contributed by atoms with Gasteiger partial charge in [-0.1, -0.05) is 6.07 Å². The normalized spacial score (nSPS) is 13.0. The molecule has 1 unspecified atom stereocenters. The van der Waals surface area contributed by atoms with E-state index in [0.29, 0.717) is 17.4 Å². The number of hydrogen-bond acceptors (Lipinski definition) is 4. The minimum Gasteiger partial charge on any atom is -0.354 e. The number of sulfone groups is 1. The van der Waals surface area contributed by atoms with Gasteiger partial charge in [0.2, 0.25) is 5.91 Å². The first-order valence-electron chi connectivity index (χ1n) is 6.34. The Bertz CT molecular complexity index is 607. The molecule has 5 nitrogen and oxygen atoms in total. The number of hydrogen-bond donors (Lipinski definition) is 2. The number of amides is 1. The largest absolute Gasteiger partial charge is 0.354 e. The molecule has 1 atom stereocenters. The van der Waals surface area contributed by atoms with Crippen LogP contribution in [0.2, 0.25) is 0 Å². The second-order valence-electron chi connectivity index (χ2n) is 4.81. The Balaban J connectivity index is 2.37. The van der Waals surface area contributed by atoms with Crippen molar-refractivity contribution in [3.05, 3.63) is 34.1 Å². The minimum absolute atomic E-state index is 0.0900. The van der Waals surface area contributed by atoms with Gasteiger partial charge in [0.15, 0.2) is 0 Å². The third-order valence-electron chi connectivity index (χ3n) is 2.83. The van der Waals surface area contributed by atoms with Crippen LogP contribution in [0.5, 0.6) is 0 Å². The van der Waals surface area contributed by atoms with Crippen molar-refractivity contribution in [2.75, 3.05) is 18.6 Å². The molecule has 0 aliphatic rings. The van der Waals surface area contributed by atoms with E-state index in [2.05, 4.69) is 21.2 Å². The van der Waals surface area contributed by atoms with Crippen molar-refractivity contribution in [2.45, 2.75) is 18.9 Å². The number of nitrogens with two attached hydrogens (primary N) is 1. The lowest BCUT2D eigenvalue weighted by atomic mass is 10.1. The molecule has 1 aromatic carbocycles. The van der Waals surface area contributed by atoms with Crippen molar-refractivity contribution in [1.29, 1.82) is 0 Å². The fourth-order valence-corrected chi connectivity index (χ4v) is 2.74. The quantitative estimate of drug-likeness (QED) is 0.738. The second kappa shape index (κ2) is 7.86. The summed E-state index contributed by atoms with van der Waals surface area (Å²) in [6.07, 6.45) is 1.72. The monoisotopic (exact) mass is 380 g/mol. The summed E-state index contributed by atoms with van der Waals surface area (Å²) in [7, 11) is -3.13. The first kappa shape index (κ1) is 18.1. The van der Waals surface area contributed by atoms with E-state index in [4.69, 9.17) is 5.73 Å². The number of carbonyl (C=O) groups is 1. The highest BCUT2D eigenvalue weighted by atomic mass is 79.9. The molecule has 0 aromatic heterocycles. The van der Waals surface area contributed by atoms with Crippen LogP contribution in [0.25, 0.3) is 0 Å². The van der Waals surface area contributed by atoms with E-state index in [1.807, 2.05) is 0 Å². The molecule has 0 fully saturated rings. The van der Waals surface area contributed by atoms with Crippen molar-refractivity contribution in [1.82, 2.24) is 5.32 Å². The zero-order valence-electron chi connectivity index (χ0n) is 11.6. The summed E-state index contributed by atoms with van der Waals surface area (Å²) in [6, 6.07) is 3.78. The molecule has 0 aliphatic carbocycles. The molecule has 0 saturated carbocycles. The van der Waals surface area contributed by atoms with E-state index in [1.54, 1.807) is 12.1 Å². The van der Waals surface area contributed by atoms with Crippen LogP contribution >= 0.6 is 15.9 Å². The Labute approximate surface area is 132 Å². The maximum atomic E-state index is 13.1. The predicted molar refractivity (Wildman–Crippen MR) is 83.1 cm³/mol. The van der Waals surface area contributed by atoms with Crippen LogP contribution in [-0.4, -0.2) is 38.9 Å². The molecule has 0 bridgehead atoms. The maximum Gasteiger partial charge on any atom is 0.236 e. The Morgan fingerprint density at radius 1 is 1.48 bits per heavy atom. The highest BCUT2D eigenvalue weighted by molar-refractivity contribution is 9.10. The van der Waals surface area contributed by atoms with Crippen LogP contribution in [0, 0.1) is 5.82 Å². The topological polar surface area (TPSA) is 89.3 Å². The first-order chi connectivity index (χ1) is 9.69. The summed E-state index contributed by atoms with van der Waals surface area (Å²) in [4.78, 5) is 11.7. The molecule has 1 amide bonds. The second-order valence-corrected chi connectivity index (χ2v) is 7.93. The molecule has 0 heterocycles. The Morgan fingerprint density at radius 3 is 2.71 bits per heavy atom. The van der Waals surface area contributed by atoms with E-state index < -0.39 is 15.9 Å². The fraction of sp³-hybridized carbons (Fsp3) is 0.462. The Morgan fingerprint density at radius 2 is 2.14 bits per heavy atom. The summed E-state index contributed by atoms with van der Waals surface area (Å²) in [5, 5.41) is 2.63. The Kier molecular flexibility index (Phi) is 6.76. The van der Waals surface area contributed by atoms with E-state index >= 15 is 0 Å². The summed E-state index contributed by atoms with van der Waals surface area (Å²) in [5.74, 6) is -0.850. The van der Waals surface area contributed by atoms with Gasteiger partial charge >= 0.3 is 0 Å². The average molecular weight is 381 g/mol. The lowest BCUT2D eigenvalue weighted by Crippen LogP contribution is -2.42. The lowest BCUT2D eigenvalue weighted by molar-refractivity contribution is -0.122. The van der Waals surface area contributed by atoms with Crippen LogP contribution in [0.3, 0.4) is 0 Å². The van der Waals surface area contributed by atoms with E-state index in [1.165, 1.54) is 6.07 Å². The third-order valence-corrected chi connectivity index (χ3v) is 4.42. The smallest absolute Gasteiger partial charge is 0.236 e. The molecule has 1 rings (SSSR count). The van der Waals surface area contributed by atoms with Gasteiger partial charge < -0.3 is 11.1 Å². The number of rotatable bonds is 7. The molecule has 3 N–H and O–H groups in total. The van der Waals surface area contributed by atoms with Gasteiger partial charge in [0.1, 0.15) is 15.7 Å². The van der Waals surface area contributed by atoms with Crippen molar-refractivity contribution < 1.29 is 17.6 Å². The van der Waals surface area contributed by atoms with Crippen molar-refractivity contribution >= 4 is 31.7 Å². The molecule has 1 aromatic rings. The molecule has 0 aliphatic heterocycles. The Hall–Kier alpha value is -0.990. The predicted octanol–water partition coefficient (Wildman–Crippen LogP) is 1.01. The van der Waals surface area contributed by atoms with Crippen LogP contribution in [-0.2, 0) is 21.1 Å². The van der Waals surface area contributed by atoms with E-state index in [-0.39, 0.29) is 23.9 Å². The van der Waals surface area contributed by atoms with Gasteiger partial charge in [-0.2, -0.15) is 0 Å². The lowest BCUT2D eigenvalue weighted by Gasteiger charge is -2.11. The molecule has 0 spiro atoms. The summed E-state index contributed by atoms with van der Waals surface area (Å²) >= 11 is 3.09. The molecule has 118 valence electrons. The summed E-state index contributed by atoms with van der Waals surface area (Å²) in [6.45, 7) is 0.351. The van der Waals surface area contributed by atoms with Gasteiger partial charge in [-0.05, 0) is 46.5 Å². The highest BCUT2D eigenvalue weighted by Gasteiger charge is 2.15. The van der Waals surface area contributed by atoms with Gasteiger partial charge in [-0.15, -0.1) is 0 Å². The van der Waals surface area contributed by atoms with Gasteiger partial charge in [0.25, 0.3) is 0 Å². The van der Waals surface area contributed by atoms with Crippen LogP contribution in [0.1, 0.15) is 12.0 Å². The van der Waals surface area contributed by atoms with Crippen molar-refractivity contribution in [3.63, 3.8) is 0 Å². The molecule has 21 heavy (non-hydrogen) atoms. The number of nitrogens with one attached hydrogen (secondary N) is 1. The van der Waals surface area contributed by atoms with Crippen molar-refractivity contribution in [3.8, 4) is 0 Å². The standard InChI is InChI=1S/C13H18BrFN2O3S/c1-21(19,20)7-5-12(16)13(18)17-6-4-9-2-3-11(15)10(14)8-9/h2-3,8,12H,4-7,16H2,1H3,(H,17,18).